The number of amides is 1. The third-order valence-electron chi connectivity index (χ3n) is 3.66. The van der Waals surface area contributed by atoms with E-state index in [0.29, 0.717) is 23.5 Å². The lowest BCUT2D eigenvalue weighted by Crippen LogP contribution is -2.26. The Labute approximate surface area is 130 Å². The molecule has 1 aliphatic carbocycles. The second-order valence-corrected chi connectivity index (χ2v) is 5.94. The van der Waals surface area contributed by atoms with Crippen molar-refractivity contribution >= 4 is 17.4 Å². The molecule has 1 aromatic carbocycles. The van der Waals surface area contributed by atoms with Gasteiger partial charge in [0, 0.05) is 17.8 Å². The fourth-order valence-corrected chi connectivity index (χ4v) is 2.14. The van der Waals surface area contributed by atoms with E-state index in [4.69, 9.17) is 0 Å². The standard InChI is InChI=1S/C17H20N4O/c1-11(2)12-3-5-13(6-4-12)20-16-9-15(18-10-19-16)17(22)21-14-7-8-14/h3-6,9-11,14H,7-8H2,1-2H3,(H,21,22)(H,18,19,20). The maximum absolute atomic E-state index is 12.0. The Bertz CT molecular complexity index is 663. The van der Waals surface area contributed by atoms with Crippen molar-refractivity contribution in [3.63, 3.8) is 0 Å². The van der Waals surface area contributed by atoms with Crippen LogP contribution in [0.2, 0.25) is 0 Å². The van der Waals surface area contributed by atoms with Crippen LogP contribution < -0.4 is 10.6 Å². The molecular formula is C17H20N4O. The highest BCUT2D eigenvalue weighted by atomic mass is 16.2. The second kappa shape index (κ2) is 6.13. The summed E-state index contributed by atoms with van der Waals surface area (Å²) in [6.07, 6.45) is 3.53. The first kappa shape index (κ1) is 14.5. The molecule has 3 rings (SSSR count). The van der Waals surface area contributed by atoms with Gasteiger partial charge in [0.15, 0.2) is 0 Å². The van der Waals surface area contributed by atoms with Gasteiger partial charge in [-0.05, 0) is 36.5 Å². The van der Waals surface area contributed by atoms with Crippen molar-refractivity contribution in [2.75, 3.05) is 5.32 Å². The van der Waals surface area contributed by atoms with E-state index in [0.717, 1.165) is 18.5 Å². The number of anilines is 2. The fraction of sp³-hybridized carbons (Fsp3) is 0.353. The summed E-state index contributed by atoms with van der Waals surface area (Å²) >= 11 is 0. The molecular weight excluding hydrogens is 276 g/mol. The molecule has 1 heterocycles. The first-order chi connectivity index (χ1) is 10.6. The number of nitrogens with one attached hydrogen (secondary N) is 2. The largest absolute Gasteiger partial charge is 0.348 e. The minimum Gasteiger partial charge on any atom is -0.348 e. The number of benzene rings is 1. The van der Waals surface area contributed by atoms with Crippen LogP contribution >= 0.6 is 0 Å². The molecule has 2 N–H and O–H groups in total. The van der Waals surface area contributed by atoms with Gasteiger partial charge in [0.1, 0.15) is 17.8 Å². The van der Waals surface area contributed by atoms with Crippen LogP contribution in [0.1, 0.15) is 48.7 Å². The normalized spacial score (nSPS) is 14.0. The van der Waals surface area contributed by atoms with E-state index in [2.05, 4.69) is 46.6 Å². The summed E-state index contributed by atoms with van der Waals surface area (Å²) in [6.45, 7) is 4.33. The average molecular weight is 296 g/mol. The third-order valence-corrected chi connectivity index (χ3v) is 3.66. The molecule has 0 radical (unpaired) electrons. The summed E-state index contributed by atoms with van der Waals surface area (Å²) in [4.78, 5) is 20.2. The zero-order valence-electron chi connectivity index (χ0n) is 12.8. The van der Waals surface area contributed by atoms with E-state index < -0.39 is 0 Å². The summed E-state index contributed by atoms with van der Waals surface area (Å²) in [5.41, 5.74) is 2.62. The van der Waals surface area contributed by atoms with Crippen molar-refractivity contribution in [1.82, 2.24) is 15.3 Å². The van der Waals surface area contributed by atoms with Crippen molar-refractivity contribution in [1.29, 1.82) is 0 Å². The molecule has 1 amide bonds. The smallest absolute Gasteiger partial charge is 0.270 e. The summed E-state index contributed by atoms with van der Waals surface area (Å²) in [5.74, 6) is 0.988. The van der Waals surface area contributed by atoms with Crippen molar-refractivity contribution in [2.45, 2.75) is 38.6 Å². The van der Waals surface area contributed by atoms with Gasteiger partial charge in [-0.3, -0.25) is 4.79 Å². The van der Waals surface area contributed by atoms with Gasteiger partial charge in [0.25, 0.3) is 5.91 Å². The molecule has 5 heteroatoms. The zero-order valence-corrected chi connectivity index (χ0v) is 12.8. The fourth-order valence-electron chi connectivity index (χ4n) is 2.14. The van der Waals surface area contributed by atoms with E-state index in [1.165, 1.54) is 11.9 Å². The second-order valence-electron chi connectivity index (χ2n) is 5.94. The molecule has 1 aliphatic rings. The predicted octanol–water partition coefficient (Wildman–Crippen LogP) is 3.24. The molecule has 0 spiro atoms. The average Bonchev–Trinajstić information content (AvgIpc) is 3.32. The Kier molecular flexibility index (Phi) is 4.04. The lowest BCUT2D eigenvalue weighted by Gasteiger charge is -2.09. The molecule has 0 bridgehead atoms. The number of carbonyl (C=O) groups is 1. The Morgan fingerprint density at radius 2 is 1.91 bits per heavy atom. The summed E-state index contributed by atoms with van der Waals surface area (Å²) in [7, 11) is 0. The minimum absolute atomic E-state index is 0.136. The molecule has 0 aliphatic heterocycles. The third kappa shape index (κ3) is 3.61. The van der Waals surface area contributed by atoms with Crippen LogP contribution in [0.25, 0.3) is 0 Å². The zero-order chi connectivity index (χ0) is 15.5. The summed E-state index contributed by atoms with van der Waals surface area (Å²) < 4.78 is 0. The maximum Gasteiger partial charge on any atom is 0.270 e. The van der Waals surface area contributed by atoms with Crippen LogP contribution in [0.4, 0.5) is 11.5 Å². The molecule has 114 valence electrons. The van der Waals surface area contributed by atoms with Crippen molar-refractivity contribution in [3.8, 4) is 0 Å². The molecule has 1 fully saturated rings. The van der Waals surface area contributed by atoms with Gasteiger partial charge in [-0.25, -0.2) is 9.97 Å². The maximum atomic E-state index is 12.0. The van der Waals surface area contributed by atoms with Gasteiger partial charge in [0.05, 0.1) is 0 Å². The first-order valence-corrected chi connectivity index (χ1v) is 7.62. The molecule has 5 nitrogen and oxygen atoms in total. The molecule has 2 aromatic rings. The monoisotopic (exact) mass is 296 g/mol. The summed E-state index contributed by atoms with van der Waals surface area (Å²) in [5, 5.41) is 6.13. The molecule has 1 aromatic heterocycles. The van der Waals surface area contributed by atoms with Gasteiger partial charge in [-0.2, -0.15) is 0 Å². The van der Waals surface area contributed by atoms with Crippen molar-refractivity contribution in [2.24, 2.45) is 0 Å². The molecule has 22 heavy (non-hydrogen) atoms. The van der Waals surface area contributed by atoms with E-state index in [1.54, 1.807) is 6.07 Å². The van der Waals surface area contributed by atoms with Crippen LogP contribution in [-0.4, -0.2) is 21.9 Å². The number of hydrogen-bond donors (Lipinski definition) is 2. The number of carbonyl (C=O) groups excluding carboxylic acids is 1. The van der Waals surface area contributed by atoms with Crippen molar-refractivity contribution in [3.05, 3.63) is 47.9 Å². The van der Waals surface area contributed by atoms with Crippen LogP contribution in [0.3, 0.4) is 0 Å². The van der Waals surface area contributed by atoms with Crippen LogP contribution in [0.5, 0.6) is 0 Å². The molecule has 0 saturated heterocycles. The molecule has 1 saturated carbocycles. The van der Waals surface area contributed by atoms with E-state index in [-0.39, 0.29) is 5.91 Å². The van der Waals surface area contributed by atoms with Gasteiger partial charge in [-0.1, -0.05) is 26.0 Å². The van der Waals surface area contributed by atoms with Crippen LogP contribution in [0, 0.1) is 0 Å². The Morgan fingerprint density at radius 3 is 2.55 bits per heavy atom. The highest BCUT2D eigenvalue weighted by molar-refractivity contribution is 5.93. The molecule has 0 unspecified atom stereocenters. The predicted molar refractivity (Wildman–Crippen MR) is 86.3 cm³/mol. The number of aromatic nitrogens is 2. The minimum atomic E-state index is -0.136. The van der Waals surface area contributed by atoms with Gasteiger partial charge in [0.2, 0.25) is 0 Å². The number of nitrogens with zero attached hydrogens (tertiary/aromatic N) is 2. The Morgan fingerprint density at radius 1 is 1.18 bits per heavy atom. The topological polar surface area (TPSA) is 66.9 Å². The Hall–Kier alpha value is -2.43. The Balaban J connectivity index is 1.70. The number of rotatable bonds is 5. The highest BCUT2D eigenvalue weighted by Crippen LogP contribution is 2.21. The quantitative estimate of drug-likeness (QED) is 0.889. The van der Waals surface area contributed by atoms with Gasteiger partial charge >= 0.3 is 0 Å². The van der Waals surface area contributed by atoms with Gasteiger partial charge < -0.3 is 10.6 Å². The summed E-state index contributed by atoms with van der Waals surface area (Å²) in [6, 6.07) is 10.2. The number of hydrogen-bond acceptors (Lipinski definition) is 4. The SMILES string of the molecule is CC(C)c1ccc(Nc2cc(C(=O)NC3CC3)ncn2)cc1. The van der Waals surface area contributed by atoms with E-state index in [1.807, 2.05) is 12.1 Å². The first-order valence-electron chi connectivity index (χ1n) is 7.62. The lowest BCUT2D eigenvalue weighted by molar-refractivity contribution is 0.0946. The lowest BCUT2D eigenvalue weighted by atomic mass is 10.0. The van der Waals surface area contributed by atoms with E-state index >= 15 is 0 Å². The van der Waals surface area contributed by atoms with Crippen LogP contribution in [-0.2, 0) is 0 Å². The molecule has 0 atom stereocenters. The van der Waals surface area contributed by atoms with Gasteiger partial charge in [-0.15, -0.1) is 0 Å². The van der Waals surface area contributed by atoms with E-state index in [9.17, 15) is 4.79 Å². The van der Waals surface area contributed by atoms with Crippen LogP contribution in [0.15, 0.2) is 36.7 Å². The van der Waals surface area contributed by atoms with Crippen molar-refractivity contribution < 1.29 is 4.79 Å². The highest BCUT2D eigenvalue weighted by Gasteiger charge is 2.24.